The van der Waals surface area contributed by atoms with Gasteiger partial charge in [-0.1, -0.05) is 0 Å². The van der Waals surface area contributed by atoms with Crippen LogP contribution in [-0.2, 0) is 5.92 Å². The van der Waals surface area contributed by atoms with Crippen LogP contribution in [0.5, 0.6) is 0 Å². The van der Waals surface area contributed by atoms with E-state index in [1.54, 1.807) is 0 Å². The van der Waals surface area contributed by atoms with Crippen molar-refractivity contribution in [2.75, 3.05) is 0 Å². The first-order valence-corrected chi connectivity index (χ1v) is 6.66. The molecule has 0 aliphatic carbocycles. The summed E-state index contributed by atoms with van der Waals surface area (Å²) in [5, 5.41) is -3.81. The van der Waals surface area contributed by atoms with Gasteiger partial charge in [-0.15, -0.1) is 0 Å². The van der Waals surface area contributed by atoms with Crippen LogP contribution in [0.25, 0.3) is 21.8 Å². The predicted octanol–water partition coefficient (Wildman–Crippen LogP) is 5.41. The Hall–Kier alpha value is -2.80. The Kier molecular flexibility index (Phi) is 4.17. The first kappa shape index (κ1) is 19.9. The van der Waals surface area contributed by atoms with E-state index >= 15 is 0 Å². The fraction of sp³-hybridized carbons (Fsp3) is 0.143. The standard InChI is InChI=1S/C14F12N2/c15-3-1-5(17)7(19)11(13(22,23)14(24,25)26)27-9(1)10-2(4(3)16)6(18)8(20)12(21)28-10. The molecule has 0 unspecified atom stereocenters. The van der Waals surface area contributed by atoms with E-state index in [1.807, 2.05) is 0 Å². The van der Waals surface area contributed by atoms with Crippen LogP contribution in [0.1, 0.15) is 5.69 Å². The molecule has 0 radical (unpaired) electrons. The van der Waals surface area contributed by atoms with Crippen LogP contribution in [0, 0.1) is 40.9 Å². The first-order chi connectivity index (χ1) is 12.7. The summed E-state index contributed by atoms with van der Waals surface area (Å²) in [5.74, 6) is -24.1. The molecule has 14 heteroatoms. The van der Waals surface area contributed by atoms with Crippen LogP contribution in [0.3, 0.4) is 0 Å². The molecule has 3 rings (SSSR count). The molecule has 0 saturated carbocycles. The van der Waals surface area contributed by atoms with Crippen molar-refractivity contribution in [2.24, 2.45) is 0 Å². The van der Waals surface area contributed by atoms with Gasteiger partial charge in [-0.3, -0.25) is 0 Å². The predicted molar refractivity (Wildman–Crippen MR) is 66.7 cm³/mol. The molecule has 0 aliphatic rings. The van der Waals surface area contributed by atoms with Gasteiger partial charge in [0.2, 0.25) is 5.82 Å². The van der Waals surface area contributed by atoms with Gasteiger partial charge in [-0.2, -0.15) is 30.7 Å². The summed E-state index contributed by atoms with van der Waals surface area (Å²) < 4.78 is 160. The molecule has 0 atom stereocenters. The van der Waals surface area contributed by atoms with Gasteiger partial charge in [0.05, 0.1) is 10.8 Å². The molecule has 0 N–H and O–H groups in total. The van der Waals surface area contributed by atoms with Gasteiger partial charge in [0, 0.05) is 0 Å². The van der Waals surface area contributed by atoms with E-state index in [0.717, 1.165) is 0 Å². The van der Waals surface area contributed by atoms with Crippen LogP contribution < -0.4 is 0 Å². The first-order valence-electron chi connectivity index (χ1n) is 6.66. The molecule has 0 aliphatic heterocycles. The van der Waals surface area contributed by atoms with E-state index < -0.39 is 80.4 Å². The maximum atomic E-state index is 14.0. The third-order valence-corrected chi connectivity index (χ3v) is 3.63. The molecule has 3 aromatic rings. The molecular weight excluding hydrogens is 424 g/mol. The highest BCUT2D eigenvalue weighted by Gasteiger charge is 2.61. The van der Waals surface area contributed by atoms with Crippen molar-refractivity contribution in [1.29, 1.82) is 0 Å². The number of pyridine rings is 2. The highest BCUT2D eigenvalue weighted by atomic mass is 19.4. The number of aromatic nitrogens is 2. The van der Waals surface area contributed by atoms with E-state index in [0.29, 0.717) is 0 Å². The smallest absolute Gasteiger partial charge is 0.240 e. The highest BCUT2D eigenvalue weighted by molar-refractivity contribution is 6.04. The number of hydrogen-bond acceptors (Lipinski definition) is 2. The second-order valence-corrected chi connectivity index (χ2v) is 5.27. The zero-order valence-electron chi connectivity index (χ0n) is 12.4. The number of rotatable bonds is 1. The van der Waals surface area contributed by atoms with E-state index in [2.05, 4.69) is 9.97 Å². The number of halogens is 12. The van der Waals surface area contributed by atoms with Crippen molar-refractivity contribution >= 4 is 21.8 Å². The lowest BCUT2D eigenvalue weighted by Gasteiger charge is -2.20. The van der Waals surface area contributed by atoms with Crippen LogP contribution in [0.15, 0.2) is 0 Å². The molecule has 2 heterocycles. The summed E-state index contributed by atoms with van der Waals surface area (Å²) in [6.45, 7) is 0. The van der Waals surface area contributed by atoms with Gasteiger partial charge in [0.25, 0.3) is 5.95 Å². The van der Waals surface area contributed by atoms with Gasteiger partial charge >= 0.3 is 12.1 Å². The maximum absolute atomic E-state index is 14.0. The molecule has 2 nitrogen and oxygen atoms in total. The van der Waals surface area contributed by atoms with Gasteiger partial charge in [0.1, 0.15) is 11.0 Å². The van der Waals surface area contributed by atoms with E-state index in [-0.39, 0.29) is 0 Å². The summed E-state index contributed by atoms with van der Waals surface area (Å²) in [6.07, 6.45) is -6.51. The van der Waals surface area contributed by atoms with E-state index in [4.69, 9.17) is 0 Å². The normalized spacial score (nSPS) is 13.0. The molecule has 1 aromatic carbocycles. The van der Waals surface area contributed by atoms with Crippen LogP contribution >= 0.6 is 0 Å². The van der Waals surface area contributed by atoms with Crippen LogP contribution in [-0.4, -0.2) is 16.1 Å². The molecule has 28 heavy (non-hydrogen) atoms. The molecule has 0 fully saturated rings. The van der Waals surface area contributed by atoms with Crippen LogP contribution in [0.4, 0.5) is 52.7 Å². The Bertz CT molecular complexity index is 1150. The third kappa shape index (κ3) is 2.46. The zero-order chi connectivity index (χ0) is 21.3. The van der Waals surface area contributed by atoms with E-state index in [1.165, 1.54) is 0 Å². The lowest BCUT2D eigenvalue weighted by atomic mass is 10.1. The van der Waals surface area contributed by atoms with Crippen molar-refractivity contribution in [3.8, 4) is 0 Å². The number of fused-ring (bicyclic) bond motifs is 3. The number of nitrogens with zero attached hydrogens (tertiary/aromatic N) is 2. The topological polar surface area (TPSA) is 25.8 Å². The van der Waals surface area contributed by atoms with Gasteiger partial charge in [0.15, 0.2) is 34.8 Å². The second kappa shape index (κ2) is 5.85. The summed E-state index contributed by atoms with van der Waals surface area (Å²) in [5.41, 5.74) is -6.36. The molecule has 0 amide bonds. The molecule has 2 aromatic heterocycles. The quantitative estimate of drug-likeness (QED) is 0.297. The fourth-order valence-corrected chi connectivity index (χ4v) is 2.35. The Balaban J connectivity index is 2.64. The zero-order valence-corrected chi connectivity index (χ0v) is 12.4. The van der Waals surface area contributed by atoms with Crippen molar-refractivity contribution in [2.45, 2.75) is 12.1 Å². The van der Waals surface area contributed by atoms with Crippen molar-refractivity contribution in [3.63, 3.8) is 0 Å². The largest absolute Gasteiger partial charge is 0.459 e. The summed E-state index contributed by atoms with van der Waals surface area (Å²) in [4.78, 5) is 4.96. The number of hydrogen-bond donors (Lipinski definition) is 0. The average molecular weight is 424 g/mol. The van der Waals surface area contributed by atoms with Crippen LogP contribution in [0.2, 0.25) is 0 Å². The molecule has 0 bridgehead atoms. The Labute approximate surface area is 144 Å². The second-order valence-electron chi connectivity index (χ2n) is 5.27. The molecular formula is C14F12N2. The average Bonchev–Trinajstić information content (AvgIpc) is 2.58. The van der Waals surface area contributed by atoms with E-state index in [9.17, 15) is 52.7 Å². The van der Waals surface area contributed by atoms with Crippen molar-refractivity contribution in [1.82, 2.24) is 9.97 Å². The maximum Gasteiger partial charge on any atom is 0.459 e. The minimum Gasteiger partial charge on any atom is -0.240 e. The monoisotopic (exact) mass is 424 g/mol. The lowest BCUT2D eigenvalue weighted by molar-refractivity contribution is -0.292. The summed E-state index contributed by atoms with van der Waals surface area (Å²) in [7, 11) is 0. The lowest BCUT2D eigenvalue weighted by Crippen LogP contribution is -2.36. The van der Waals surface area contributed by atoms with Gasteiger partial charge in [-0.05, 0) is 0 Å². The Morgan fingerprint density at radius 1 is 0.500 bits per heavy atom. The SMILES string of the molecule is Fc1nc2c(c(F)c1F)c(F)c(F)c1c(F)c(F)c(C(F)(F)C(F)(F)F)nc12. The number of alkyl halides is 5. The molecule has 0 saturated heterocycles. The third-order valence-electron chi connectivity index (χ3n) is 3.63. The van der Waals surface area contributed by atoms with Crippen molar-refractivity contribution < 1.29 is 52.7 Å². The molecule has 0 spiro atoms. The number of benzene rings is 1. The Morgan fingerprint density at radius 3 is 1.36 bits per heavy atom. The Morgan fingerprint density at radius 2 is 0.893 bits per heavy atom. The summed E-state index contributed by atoms with van der Waals surface area (Å²) in [6, 6.07) is 0. The highest BCUT2D eigenvalue weighted by Crippen LogP contribution is 2.46. The van der Waals surface area contributed by atoms with Crippen molar-refractivity contribution in [3.05, 3.63) is 46.5 Å². The summed E-state index contributed by atoms with van der Waals surface area (Å²) >= 11 is 0. The minimum atomic E-state index is -6.51. The fourth-order valence-electron chi connectivity index (χ4n) is 2.35. The van der Waals surface area contributed by atoms with Gasteiger partial charge in [-0.25, -0.2) is 31.9 Å². The molecule has 150 valence electrons. The minimum absolute atomic E-state index is 1.65. The van der Waals surface area contributed by atoms with Gasteiger partial charge < -0.3 is 0 Å².